The second-order valence-corrected chi connectivity index (χ2v) is 4.75. The average molecular weight is 311 g/mol. The molecule has 0 bridgehead atoms. The van der Waals surface area contributed by atoms with Gasteiger partial charge in [0.1, 0.15) is 11.8 Å². The fourth-order valence-corrected chi connectivity index (χ4v) is 2.71. The van der Waals surface area contributed by atoms with Crippen LogP contribution in [-0.4, -0.2) is 29.3 Å². The van der Waals surface area contributed by atoms with Gasteiger partial charge < -0.3 is 14.0 Å². The summed E-state index contributed by atoms with van der Waals surface area (Å²) in [6.07, 6.45) is 1.60. The van der Waals surface area contributed by atoms with Crippen LogP contribution in [0.4, 0.5) is 5.69 Å². The van der Waals surface area contributed by atoms with Gasteiger partial charge in [-0.2, -0.15) is 0 Å². The third-order valence-electron chi connectivity index (χ3n) is 3.38. The molecule has 1 atom stereocenters. The summed E-state index contributed by atoms with van der Waals surface area (Å²) in [4.78, 5) is 26.0. The first-order valence-corrected chi connectivity index (χ1v) is 6.40. The molecule has 18 heavy (non-hydrogen) atoms. The maximum atomic E-state index is 12.4. The molecule has 0 saturated carbocycles. The van der Waals surface area contributed by atoms with Crippen LogP contribution in [0.15, 0.2) is 18.2 Å². The Balaban J connectivity index is 2.09. The van der Waals surface area contributed by atoms with Crippen molar-refractivity contribution in [2.24, 2.45) is 0 Å². The first-order valence-electron chi connectivity index (χ1n) is 5.75. The van der Waals surface area contributed by atoms with Gasteiger partial charge in [0.15, 0.2) is 16.3 Å². The maximum absolute atomic E-state index is 12.4. The fraction of sp³-hybridized carbons (Fsp3) is 0.333. The molecule has 3 rings (SSSR count). The molecule has 1 aromatic rings. The lowest BCUT2D eigenvalue weighted by molar-refractivity contribution is -0.119. The Morgan fingerprint density at radius 1 is 1.39 bits per heavy atom. The number of rotatable bonds is 1. The number of anilines is 1. The molecule has 1 aromatic carbocycles. The molecule has 2 aliphatic rings. The number of halogens is 1. The van der Waals surface area contributed by atoms with Crippen LogP contribution in [0.25, 0.3) is 0 Å². The van der Waals surface area contributed by atoms with Crippen LogP contribution in [0.1, 0.15) is 23.2 Å². The fourth-order valence-electron chi connectivity index (χ4n) is 2.51. The van der Waals surface area contributed by atoms with Crippen molar-refractivity contribution in [2.45, 2.75) is 18.9 Å². The molecule has 1 fully saturated rings. The molecule has 0 aliphatic carbocycles. The second-order valence-electron chi connectivity index (χ2n) is 4.43. The van der Waals surface area contributed by atoms with E-state index < -0.39 is 0 Å². The van der Waals surface area contributed by atoms with Crippen LogP contribution in [0.3, 0.4) is 0 Å². The van der Waals surface area contributed by atoms with Crippen LogP contribution in [0.5, 0.6) is 5.75 Å². The summed E-state index contributed by atoms with van der Waals surface area (Å²) in [6.45, 7) is 0.635. The average Bonchev–Trinajstić information content (AvgIpc) is 2.84. The summed E-state index contributed by atoms with van der Waals surface area (Å²) in [5.74, 6) is 0.318. The third-order valence-corrected chi connectivity index (χ3v) is 3.76. The van der Waals surface area contributed by atoms with E-state index in [4.69, 9.17) is 3.83 Å². The highest BCUT2D eigenvalue weighted by molar-refractivity contribution is 9.06. The minimum absolute atomic E-state index is 0.105. The third kappa shape index (κ3) is 1.68. The van der Waals surface area contributed by atoms with E-state index in [0.717, 1.165) is 12.8 Å². The highest BCUT2D eigenvalue weighted by Crippen LogP contribution is 2.31. The van der Waals surface area contributed by atoms with E-state index in [9.17, 15) is 9.59 Å². The topological polar surface area (TPSA) is 58.6 Å². The first-order chi connectivity index (χ1) is 8.70. The second kappa shape index (κ2) is 4.28. The monoisotopic (exact) mass is 310 g/mol. The summed E-state index contributed by atoms with van der Waals surface area (Å²) in [6, 6.07) is 4.67. The van der Waals surface area contributed by atoms with Gasteiger partial charge >= 0.3 is 0 Å². The number of hydrogen-bond donors (Lipinski definition) is 1. The SMILES string of the molecule is O=C1Nc2ccc(OBr)cc2C(=O)N2CCC[C@H]12. The lowest BCUT2D eigenvalue weighted by Gasteiger charge is -2.19. The summed E-state index contributed by atoms with van der Waals surface area (Å²) < 4.78 is 4.94. The number of nitrogens with one attached hydrogen (secondary N) is 1. The van der Waals surface area contributed by atoms with Gasteiger partial charge in [-0.05, 0) is 31.0 Å². The van der Waals surface area contributed by atoms with Crippen molar-refractivity contribution in [1.82, 2.24) is 4.90 Å². The minimum Gasteiger partial charge on any atom is -0.418 e. The van der Waals surface area contributed by atoms with E-state index in [2.05, 4.69) is 21.6 Å². The Morgan fingerprint density at radius 3 is 3.00 bits per heavy atom. The molecule has 0 aromatic heterocycles. The Morgan fingerprint density at radius 2 is 2.22 bits per heavy atom. The van der Waals surface area contributed by atoms with Crippen LogP contribution in [0.2, 0.25) is 0 Å². The molecule has 1 N–H and O–H groups in total. The van der Waals surface area contributed by atoms with Crippen molar-refractivity contribution in [3.63, 3.8) is 0 Å². The van der Waals surface area contributed by atoms with Gasteiger partial charge in [0.25, 0.3) is 5.91 Å². The molecular weight excluding hydrogens is 300 g/mol. The van der Waals surface area contributed by atoms with Gasteiger partial charge in [0.2, 0.25) is 5.91 Å². The molecule has 6 heteroatoms. The van der Waals surface area contributed by atoms with E-state index in [0.29, 0.717) is 23.5 Å². The number of nitrogens with zero attached hydrogens (tertiary/aromatic N) is 1. The van der Waals surface area contributed by atoms with E-state index in [1.165, 1.54) is 0 Å². The maximum Gasteiger partial charge on any atom is 0.256 e. The van der Waals surface area contributed by atoms with Crippen molar-refractivity contribution < 1.29 is 13.4 Å². The minimum atomic E-state index is -0.335. The number of benzene rings is 1. The standard InChI is InChI=1S/C12H11BrN2O3/c13-18-7-3-4-9-8(6-7)12(17)15-5-1-2-10(15)11(16)14-9/h3-4,6,10H,1-2,5H2,(H,14,16)/t10-/m1/s1. The quantitative estimate of drug-likeness (QED) is 0.862. The van der Waals surface area contributed by atoms with Crippen molar-refractivity contribution >= 4 is 33.8 Å². The number of carbonyl (C=O) groups is 2. The predicted octanol–water partition coefficient (Wildman–Crippen LogP) is 1.93. The first kappa shape index (κ1) is 11.5. The van der Waals surface area contributed by atoms with E-state index >= 15 is 0 Å². The summed E-state index contributed by atoms with van der Waals surface area (Å²) in [5, 5.41) is 2.80. The van der Waals surface area contributed by atoms with Gasteiger partial charge in [-0.25, -0.2) is 0 Å². The molecule has 2 aliphatic heterocycles. The number of amides is 2. The Bertz CT molecular complexity index is 532. The van der Waals surface area contributed by atoms with Gasteiger partial charge in [0.05, 0.1) is 11.3 Å². The van der Waals surface area contributed by atoms with Crippen LogP contribution >= 0.6 is 16.3 Å². The van der Waals surface area contributed by atoms with Crippen molar-refractivity contribution in [3.05, 3.63) is 23.8 Å². The molecule has 0 unspecified atom stereocenters. The molecule has 0 radical (unpaired) electrons. The van der Waals surface area contributed by atoms with E-state index in [1.807, 2.05) is 0 Å². The number of fused-ring (bicyclic) bond motifs is 2. The zero-order chi connectivity index (χ0) is 12.7. The zero-order valence-electron chi connectivity index (χ0n) is 9.48. The number of carbonyl (C=O) groups excluding carboxylic acids is 2. The van der Waals surface area contributed by atoms with Crippen molar-refractivity contribution in [2.75, 3.05) is 11.9 Å². The molecule has 5 nitrogen and oxygen atoms in total. The summed E-state index contributed by atoms with van der Waals surface area (Å²) in [7, 11) is 0. The van der Waals surface area contributed by atoms with Crippen molar-refractivity contribution in [1.29, 1.82) is 0 Å². The molecule has 2 heterocycles. The normalized spacial score (nSPS) is 22.1. The van der Waals surface area contributed by atoms with Crippen LogP contribution in [-0.2, 0) is 4.79 Å². The number of hydrogen-bond acceptors (Lipinski definition) is 3. The summed E-state index contributed by atoms with van der Waals surface area (Å²) in [5.41, 5.74) is 1.03. The lowest BCUT2D eigenvalue weighted by atomic mass is 10.1. The van der Waals surface area contributed by atoms with Gasteiger partial charge in [-0.15, -0.1) is 0 Å². The summed E-state index contributed by atoms with van der Waals surface area (Å²) >= 11 is 2.88. The van der Waals surface area contributed by atoms with Gasteiger partial charge in [0, 0.05) is 6.54 Å². The van der Waals surface area contributed by atoms with E-state index in [-0.39, 0.29) is 17.9 Å². The smallest absolute Gasteiger partial charge is 0.256 e. The Kier molecular flexibility index (Phi) is 2.74. The van der Waals surface area contributed by atoms with Gasteiger partial charge in [-0.3, -0.25) is 9.59 Å². The molecule has 0 spiro atoms. The van der Waals surface area contributed by atoms with Crippen LogP contribution in [0, 0.1) is 0 Å². The molecular formula is C12H11BrN2O3. The zero-order valence-corrected chi connectivity index (χ0v) is 11.1. The van der Waals surface area contributed by atoms with E-state index in [1.54, 1.807) is 23.1 Å². The molecule has 1 saturated heterocycles. The lowest BCUT2D eigenvalue weighted by Crippen LogP contribution is -2.40. The van der Waals surface area contributed by atoms with Crippen LogP contribution < -0.4 is 9.15 Å². The highest BCUT2D eigenvalue weighted by atomic mass is 79.9. The Hall–Kier alpha value is -1.56. The molecule has 2 amide bonds. The predicted molar refractivity (Wildman–Crippen MR) is 68.7 cm³/mol. The Labute approximate surface area is 113 Å². The van der Waals surface area contributed by atoms with Crippen molar-refractivity contribution in [3.8, 4) is 5.75 Å². The molecule has 94 valence electrons. The van der Waals surface area contributed by atoms with Gasteiger partial charge in [-0.1, -0.05) is 0 Å². The largest absolute Gasteiger partial charge is 0.418 e. The highest BCUT2D eigenvalue weighted by Gasteiger charge is 2.38.